The largest absolute Gasteiger partial charge is 0.508 e. The molecule has 2 rings (SSSR count). The molecule has 0 radical (unpaired) electrons. The molecule has 2 aromatic rings. The SMILES string of the molecule is CC(C)c1cn[s+](NC(=O)Cc2cccc(O)c2)c1. The predicted octanol–water partition coefficient (Wildman–Crippen LogP) is 2.97. The summed E-state index contributed by atoms with van der Waals surface area (Å²) in [5.74, 6) is 0.505. The third kappa shape index (κ3) is 3.79. The summed E-state index contributed by atoms with van der Waals surface area (Å²) < 4.78 is 7.13. The van der Waals surface area contributed by atoms with E-state index in [-0.39, 0.29) is 18.1 Å². The van der Waals surface area contributed by atoms with Gasteiger partial charge in [-0.1, -0.05) is 26.0 Å². The molecule has 0 fully saturated rings. The summed E-state index contributed by atoms with van der Waals surface area (Å²) in [6.45, 7) is 4.19. The van der Waals surface area contributed by atoms with E-state index in [2.05, 4.69) is 22.9 Å². The third-order valence-corrected chi connectivity index (χ3v) is 3.99. The van der Waals surface area contributed by atoms with Crippen LogP contribution in [0.25, 0.3) is 0 Å². The smallest absolute Gasteiger partial charge is 0.271 e. The summed E-state index contributed by atoms with van der Waals surface area (Å²) in [6.07, 6.45) is 2.07. The second kappa shape index (κ2) is 5.84. The molecule has 100 valence electrons. The van der Waals surface area contributed by atoms with E-state index in [0.29, 0.717) is 5.92 Å². The summed E-state index contributed by atoms with van der Waals surface area (Å²) in [7, 11) is -0.542. The van der Waals surface area contributed by atoms with Crippen molar-refractivity contribution in [2.24, 2.45) is 0 Å². The van der Waals surface area contributed by atoms with Crippen molar-refractivity contribution >= 4 is 16.8 Å². The van der Waals surface area contributed by atoms with Crippen molar-refractivity contribution in [3.63, 3.8) is 0 Å². The van der Waals surface area contributed by atoms with Crippen LogP contribution in [0.15, 0.2) is 35.8 Å². The van der Waals surface area contributed by atoms with Crippen LogP contribution in [0.2, 0.25) is 0 Å². The Morgan fingerprint density at radius 2 is 2.26 bits per heavy atom. The molecule has 1 amide bonds. The number of phenolic OH excluding ortho intramolecular Hbond substituents is 1. The van der Waals surface area contributed by atoms with Crippen LogP contribution in [0.3, 0.4) is 0 Å². The number of aromatic nitrogens is 1. The van der Waals surface area contributed by atoms with Crippen molar-refractivity contribution < 1.29 is 9.90 Å². The molecule has 4 nitrogen and oxygen atoms in total. The van der Waals surface area contributed by atoms with Gasteiger partial charge >= 0.3 is 0 Å². The molecular weight excluding hydrogens is 260 g/mol. The van der Waals surface area contributed by atoms with Crippen molar-refractivity contribution in [2.75, 3.05) is 4.72 Å². The summed E-state index contributed by atoms with van der Waals surface area (Å²) in [5, 5.41) is 11.3. The Morgan fingerprint density at radius 3 is 2.89 bits per heavy atom. The Labute approximate surface area is 115 Å². The molecule has 0 aliphatic carbocycles. The van der Waals surface area contributed by atoms with Crippen LogP contribution in [-0.2, 0) is 11.2 Å². The molecule has 1 atom stereocenters. The van der Waals surface area contributed by atoms with Gasteiger partial charge in [-0.05, 0) is 28.0 Å². The molecule has 1 aromatic carbocycles. The van der Waals surface area contributed by atoms with E-state index in [1.807, 2.05) is 17.6 Å². The van der Waals surface area contributed by atoms with Gasteiger partial charge in [0.15, 0.2) is 5.38 Å². The first-order chi connectivity index (χ1) is 9.04. The number of carbonyl (C=O) groups excluding carboxylic acids is 1. The van der Waals surface area contributed by atoms with E-state index >= 15 is 0 Å². The number of nitrogens with one attached hydrogen (secondary N) is 1. The molecule has 5 heteroatoms. The Balaban J connectivity index is 1.97. The fourth-order valence-corrected chi connectivity index (χ4v) is 2.96. The van der Waals surface area contributed by atoms with E-state index in [9.17, 15) is 9.90 Å². The van der Waals surface area contributed by atoms with Gasteiger partial charge in [-0.2, -0.15) is 0 Å². The van der Waals surface area contributed by atoms with Crippen molar-refractivity contribution in [2.45, 2.75) is 26.2 Å². The number of amides is 1. The van der Waals surface area contributed by atoms with E-state index in [4.69, 9.17) is 0 Å². The molecule has 0 saturated carbocycles. The molecule has 0 aliphatic rings. The maximum atomic E-state index is 11.9. The molecule has 1 aromatic heterocycles. The van der Waals surface area contributed by atoms with Crippen molar-refractivity contribution in [1.29, 1.82) is 0 Å². The highest BCUT2D eigenvalue weighted by atomic mass is 32.2. The van der Waals surface area contributed by atoms with Gasteiger partial charge in [0.1, 0.15) is 5.75 Å². The van der Waals surface area contributed by atoms with E-state index in [0.717, 1.165) is 11.1 Å². The zero-order valence-corrected chi connectivity index (χ0v) is 11.8. The summed E-state index contributed by atoms with van der Waals surface area (Å²) in [6, 6.07) is 6.72. The maximum absolute atomic E-state index is 11.9. The number of phenols is 1. The van der Waals surface area contributed by atoms with Crippen LogP contribution in [0.1, 0.15) is 30.9 Å². The molecule has 2 N–H and O–H groups in total. The zero-order valence-electron chi connectivity index (χ0n) is 11.0. The standard InChI is InChI=1S/C14H16N2O2S/c1-10(2)12-8-15-19(9-12)16-14(18)7-11-4-3-5-13(17)6-11/h3-6,8-10,17H,7H2,1-2H3/p+1. The van der Waals surface area contributed by atoms with Crippen LogP contribution in [0, 0.1) is 0 Å². The average molecular weight is 277 g/mol. The van der Waals surface area contributed by atoms with Crippen LogP contribution in [-0.4, -0.2) is 15.4 Å². The highest BCUT2D eigenvalue weighted by Crippen LogP contribution is 2.21. The second-order valence-corrected chi connectivity index (χ2v) is 5.97. The zero-order chi connectivity index (χ0) is 13.8. The topological polar surface area (TPSA) is 62.2 Å². The number of nitrogens with zero attached hydrogens (tertiary/aromatic N) is 1. The van der Waals surface area contributed by atoms with Crippen LogP contribution in [0.5, 0.6) is 5.75 Å². The molecule has 0 saturated heterocycles. The normalized spacial score (nSPS) is 11.6. The lowest BCUT2D eigenvalue weighted by molar-refractivity contribution is -0.115. The summed E-state index contributed by atoms with van der Waals surface area (Å²) in [5.41, 5.74) is 1.94. The average Bonchev–Trinajstić information content (AvgIpc) is 2.77. The number of benzene rings is 1. The van der Waals surface area contributed by atoms with Crippen molar-refractivity contribution in [3.8, 4) is 5.75 Å². The lowest BCUT2D eigenvalue weighted by Crippen LogP contribution is -2.13. The molecule has 0 bridgehead atoms. The van der Waals surface area contributed by atoms with Gasteiger partial charge in [0.25, 0.3) is 5.91 Å². The van der Waals surface area contributed by atoms with E-state index < -0.39 is 10.9 Å². The van der Waals surface area contributed by atoms with Gasteiger partial charge in [-0.3, -0.25) is 4.79 Å². The summed E-state index contributed by atoms with van der Waals surface area (Å²) >= 11 is 0. The van der Waals surface area contributed by atoms with Crippen molar-refractivity contribution in [3.05, 3.63) is 47.0 Å². The molecule has 0 aliphatic heterocycles. The Bertz CT molecular complexity index is 578. The minimum Gasteiger partial charge on any atom is -0.508 e. The van der Waals surface area contributed by atoms with Crippen LogP contribution in [0.4, 0.5) is 0 Å². The molecular formula is C14H17N2O2S+. The lowest BCUT2D eigenvalue weighted by Gasteiger charge is -1.99. The monoisotopic (exact) mass is 277 g/mol. The van der Waals surface area contributed by atoms with Gasteiger partial charge < -0.3 is 5.11 Å². The Hall–Kier alpha value is -1.88. The maximum Gasteiger partial charge on any atom is 0.271 e. The minimum atomic E-state index is -0.542. The fraction of sp³-hybridized carbons (Fsp3) is 0.286. The Morgan fingerprint density at radius 1 is 1.47 bits per heavy atom. The summed E-state index contributed by atoms with van der Waals surface area (Å²) in [4.78, 5) is 11.9. The van der Waals surface area contributed by atoms with Crippen LogP contribution < -0.4 is 4.72 Å². The lowest BCUT2D eigenvalue weighted by atomic mass is 10.1. The molecule has 0 spiro atoms. The number of aromatic hydroxyl groups is 1. The third-order valence-electron chi connectivity index (χ3n) is 2.72. The first-order valence-electron chi connectivity index (χ1n) is 6.11. The Kier molecular flexibility index (Phi) is 4.16. The van der Waals surface area contributed by atoms with Gasteiger partial charge in [-0.15, -0.1) is 4.72 Å². The van der Waals surface area contributed by atoms with Crippen molar-refractivity contribution in [1.82, 2.24) is 4.37 Å². The van der Waals surface area contributed by atoms with E-state index in [1.165, 1.54) is 0 Å². The number of rotatable bonds is 4. The molecule has 1 unspecified atom stereocenters. The van der Waals surface area contributed by atoms with Gasteiger partial charge in [0.2, 0.25) is 10.9 Å². The number of hydrogen-bond acceptors (Lipinski definition) is 3. The fourth-order valence-electron chi connectivity index (χ4n) is 1.65. The highest BCUT2D eigenvalue weighted by molar-refractivity contribution is 7.28. The quantitative estimate of drug-likeness (QED) is 0.845. The van der Waals surface area contributed by atoms with E-state index in [1.54, 1.807) is 18.2 Å². The molecule has 1 heterocycles. The van der Waals surface area contributed by atoms with Gasteiger partial charge in [0.05, 0.1) is 12.6 Å². The first-order valence-corrected chi connectivity index (χ1v) is 7.35. The second-order valence-electron chi connectivity index (χ2n) is 4.69. The highest BCUT2D eigenvalue weighted by Gasteiger charge is 2.16. The first kappa shape index (κ1) is 13.5. The van der Waals surface area contributed by atoms with Gasteiger partial charge in [0, 0.05) is 5.56 Å². The predicted molar refractivity (Wildman–Crippen MR) is 77.0 cm³/mol. The van der Waals surface area contributed by atoms with Gasteiger partial charge in [-0.25, -0.2) is 0 Å². The van der Waals surface area contributed by atoms with Crippen LogP contribution >= 0.6 is 10.9 Å². The number of carbonyl (C=O) groups is 1. The number of hydrogen-bond donors (Lipinski definition) is 2. The molecule has 19 heavy (non-hydrogen) atoms. The minimum absolute atomic E-state index is 0.0904.